The molecule has 4 heteroatoms. The van der Waals surface area contributed by atoms with Crippen molar-refractivity contribution in [2.24, 2.45) is 7.05 Å². The molecule has 2 rings (SSSR count). The van der Waals surface area contributed by atoms with Crippen LogP contribution in [-0.4, -0.2) is 22.1 Å². The van der Waals surface area contributed by atoms with E-state index in [2.05, 4.69) is 17.2 Å². The van der Waals surface area contributed by atoms with Crippen LogP contribution in [-0.2, 0) is 19.9 Å². The van der Waals surface area contributed by atoms with Gasteiger partial charge in [0.15, 0.2) is 0 Å². The summed E-state index contributed by atoms with van der Waals surface area (Å²) in [5.74, 6) is 0.963. The van der Waals surface area contributed by atoms with E-state index in [-0.39, 0.29) is 11.9 Å². The lowest BCUT2D eigenvalue weighted by Gasteiger charge is -2.19. The summed E-state index contributed by atoms with van der Waals surface area (Å²) in [6, 6.07) is 7.32. The van der Waals surface area contributed by atoms with Crippen LogP contribution >= 0.6 is 0 Å². The summed E-state index contributed by atoms with van der Waals surface area (Å²) in [4.78, 5) is 4.35. The average Bonchev–Trinajstić information content (AvgIpc) is 2.89. The Hall–Kier alpha value is -1.68. The Labute approximate surface area is 126 Å². The van der Waals surface area contributed by atoms with Gasteiger partial charge in [0, 0.05) is 31.9 Å². The summed E-state index contributed by atoms with van der Waals surface area (Å²) < 4.78 is 15.8. The van der Waals surface area contributed by atoms with Crippen LogP contribution in [0.4, 0.5) is 4.39 Å². The third kappa shape index (κ3) is 4.67. The van der Waals surface area contributed by atoms with Crippen molar-refractivity contribution >= 4 is 0 Å². The van der Waals surface area contributed by atoms with E-state index in [0.29, 0.717) is 0 Å². The van der Waals surface area contributed by atoms with Crippen LogP contribution in [0.3, 0.4) is 0 Å². The molecular formula is C17H24FN3. The Kier molecular flexibility index (Phi) is 5.93. The van der Waals surface area contributed by atoms with Crippen molar-refractivity contribution in [2.75, 3.05) is 6.54 Å². The minimum absolute atomic E-state index is 0.113. The largest absolute Gasteiger partial charge is 0.338 e. The summed E-state index contributed by atoms with van der Waals surface area (Å²) in [7, 11) is 2.01. The molecular weight excluding hydrogens is 265 g/mol. The molecule has 0 radical (unpaired) electrons. The van der Waals surface area contributed by atoms with Gasteiger partial charge in [-0.05, 0) is 37.4 Å². The standard InChI is InChI=1S/C17H24FN3/c1-3-10-19-15(8-9-17-20-11-12-21(17)2)13-14-6-4-5-7-16(14)18/h4-7,11-12,15,19H,3,8-10,13H2,1-2H3. The van der Waals surface area contributed by atoms with E-state index in [4.69, 9.17) is 0 Å². The van der Waals surface area contributed by atoms with Crippen molar-refractivity contribution < 1.29 is 4.39 Å². The zero-order valence-corrected chi connectivity index (χ0v) is 12.8. The molecule has 0 aliphatic rings. The Morgan fingerprint density at radius 2 is 2.14 bits per heavy atom. The molecule has 1 aromatic carbocycles. The number of benzene rings is 1. The van der Waals surface area contributed by atoms with E-state index in [1.807, 2.05) is 36.1 Å². The second-order valence-corrected chi connectivity index (χ2v) is 5.44. The third-order valence-electron chi connectivity index (χ3n) is 3.74. The zero-order valence-electron chi connectivity index (χ0n) is 12.8. The van der Waals surface area contributed by atoms with Crippen LogP contribution in [0, 0.1) is 5.82 Å². The highest BCUT2D eigenvalue weighted by molar-refractivity contribution is 5.18. The number of nitrogens with one attached hydrogen (secondary N) is 1. The monoisotopic (exact) mass is 289 g/mol. The lowest BCUT2D eigenvalue weighted by Crippen LogP contribution is -2.32. The van der Waals surface area contributed by atoms with E-state index < -0.39 is 0 Å². The van der Waals surface area contributed by atoms with Crippen LogP contribution in [0.15, 0.2) is 36.7 Å². The molecule has 3 nitrogen and oxygen atoms in total. The van der Waals surface area contributed by atoms with Crippen LogP contribution in [0.5, 0.6) is 0 Å². The Balaban J connectivity index is 1.97. The quantitative estimate of drug-likeness (QED) is 0.809. The van der Waals surface area contributed by atoms with E-state index in [1.165, 1.54) is 6.07 Å². The van der Waals surface area contributed by atoms with Crippen LogP contribution in [0.25, 0.3) is 0 Å². The molecule has 0 bridgehead atoms. The molecule has 0 aliphatic carbocycles. The fourth-order valence-electron chi connectivity index (χ4n) is 2.49. The number of aryl methyl sites for hydroxylation is 2. The lowest BCUT2D eigenvalue weighted by atomic mass is 10.0. The van der Waals surface area contributed by atoms with Gasteiger partial charge in [-0.15, -0.1) is 0 Å². The van der Waals surface area contributed by atoms with Crippen molar-refractivity contribution in [3.05, 3.63) is 53.9 Å². The number of hydrogen-bond acceptors (Lipinski definition) is 2. The van der Waals surface area contributed by atoms with Gasteiger partial charge < -0.3 is 9.88 Å². The summed E-state index contributed by atoms with van der Waals surface area (Å²) in [6.07, 6.45) is 7.44. The van der Waals surface area contributed by atoms with Gasteiger partial charge in [-0.3, -0.25) is 0 Å². The molecule has 2 aromatic rings. The maximum absolute atomic E-state index is 13.8. The van der Waals surface area contributed by atoms with Gasteiger partial charge in [-0.2, -0.15) is 0 Å². The van der Waals surface area contributed by atoms with E-state index in [0.717, 1.165) is 43.6 Å². The highest BCUT2D eigenvalue weighted by Crippen LogP contribution is 2.12. The van der Waals surface area contributed by atoms with Gasteiger partial charge >= 0.3 is 0 Å². The topological polar surface area (TPSA) is 29.9 Å². The maximum atomic E-state index is 13.8. The molecule has 0 saturated carbocycles. The van der Waals surface area contributed by atoms with Crippen molar-refractivity contribution in [3.8, 4) is 0 Å². The first-order valence-corrected chi connectivity index (χ1v) is 7.63. The second kappa shape index (κ2) is 7.93. The van der Waals surface area contributed by atoms with Crippen LogP contribution < -0.4 is 5.32 Å². The molecule has 0 fully saturated rings. The molecule has 1 unspecified atom stereocenters. The van der Waals surface area contributed by atoms with Gasteiger partial charge in [-0.1, -0.05) is 25.1 Å². The first-order valence-electron chi connectivity index (χ1n) is 7.63. The first kappa shape index (κ1) is 15.7. The fraction of sp³-hybridized carbons (Fsp3) is 0.471. The van der Waals surface area contributed by atoms with Gasteiger partial charge in [0.2, 0.25) is 0 Å². The Bertz CT molecular complexity index is 550. The smallest absolute Gasteiger partial charge is 0.126 e. The van der Waals surface area contributed by atoms with Crippen molar-refractivity contribution in [2.45, 2.75) is 38.6 Å². The number of rotatable bonds is 8. The highest BCUT2D eigenvalue weighted by Gasteiger charge is 2.13. The van der Waals surface area contributed by atoms with Crippen molar-refractivity contribution in [1.29, 1.82) is 0 Å². The number of aromatic nitrogens is 2. The van der Waals surface area contributed by atoms with Crippen LogP contribution in [0.1, 0.15) is 31.2 Å². The molecule has 1 aromatic heterocycles. The van der Waals surface area contributed by atoms with E-state index >= 15 is 0 Å². The zero-order chi connectivity index (χ0) is 15.1. The molecule has 0 spiro atoms. The Morgan fingerprint density at radius 3 is 2.81 bits per heavy atom. The predicted molar refractivity (Wildman–Crippen MR) is 83.7 cm³/mol. The molecule has 21 heavy (non-hydrogen) atoms. The normalized spacial score (nSPS) is 12.5. The van der Waals surface area contributed by atoms with E-state index in [9.17, 15) is 4.39 Å². The van der Waals surface area contributed by atoms with Gasteiger partial charge in [-0.25, -0.2) is 9.37 Å². The molecule has 1 heterocycles. The summed E-state index contributed by atoms with van der Waals surface area (Å²) in [6.45, 7) is 3.10. The number of halogens is 1. The fourth-order valence-corrected chi connectivity index (χ4v) is 2.49. The first-order chi connectivity index (χ1) is 10.2. The molecule has 1 atom stereocenters. The summed E-state index contributed by atoms with van der Waals surface area (Å²) in [5.41, 5.74) is 0.783. The summed E-state index contributed by atoms with van der Waals surface area (Å²) >= 11 is 0. The lowest BCUT2D eigenvalue weighted by molar-refractivity contribution is 0.462. The average molecular weight is 289 g/mol. The predicted octanol–water partition coefficient (Wildman–Crippen LogP) is 3.10. The molecule has 114 valence electrons. The number of nitrogens with zero attached hydrogens (tertiary/aromatic N) is 2. The minimum Gasteiger partial charge on any atom is -0.338 e. The maximum Gasteiger partial charge on any atom is 0.126 e. The van der Waals surface area contributed by atoms with Gasteiger partial charge in [0.05, 0.1) is 0 Å². The molecule has 1 N–H and O–H groups in total. The van der Waals surface area contributed by atoms with Crippen molar-refractivity contribution in [1.82, 2.24) is 14.9 Å². The Morgan fingerprint density at radius 1 is 1.33 bits per heavy atom. The minimum atomic E-state index is -0.113. The third-order valence-corrected chi connectivity index (χ3v) is 3.74. The molecule has 0 aliphatic heterocycles. The highest BCUT2D eigenvalue weighted by atomic mass is 19.1. The summed E-state index contributed by atoms with van der Waals surface area (Å²) in [5, 5.41) is 3.52. The SMILES string of the molecule is CCCNC(CCc1nccn1C)Cc1ccccc1F. The van der Waals surface area contributed by atoms with Gasteiger partial charge in [0.1, 0.15) is 11.6 Å². The van der Waals surface area contributed by atoms with Gasteiger partial charge in [0.25, 0.3) is 0 Å². The molecule has 0 amide bonds. The van der Waals surface area contributed by atoms with Crippen LogP contribution in [0.2, 0.25) is 0 Å². The number of hydrogen-bond donors (Lipinski definition) is 1. The molecule has 0 saturated heterocycles. The van der Waals surface area contributed by atoms with Crippen molar-refractivity contribution in [3.63, 3.8) is 0 Å². The second-order valence-electron chi connectivity index (χ2n) is 5.44. The number of imidazole rings is 1. The van der Waals surface area contributed by atoms with E-state index in [1.54, 1.807) is 6.07 Å².